The fourth-order valence-electron chi connectivity index (χ4n) is 1.10. The average Bonchev–Trinajstić information content (AvgIpc) is 2.15. The second-order valence-electron chi connectivity index (χ2n) is 3.68. The second kappa shape index (κ2) is 8.31. The Morgan fingerprint density at radius 2 is 1.93 bits per heavy atom. The molecule has 1 heteroatoms. The molecule has 0 N–H and O–H groups in total. The van der Waals surface area contributed by atoms with E-state index in [4.69, 9.17) is 0 Å². The van der Waals surface area contributed by atoms with E-state index in [0.717, 1.165) is 6.42 Å². The van der Waals surface area contributed by atoms with Gasteiger partial charge in [0.2, 0.25) is 0 Å². The van der Waals surface area contributed by atoms with Gasteiger partial charge in [0.15, 0.2) is 0 Å². The third-order valence-corrected chi connectivity index (χ3v) is 3.25. The van der Waals surface area contributed by atoms with Crippen molar-refractivity contribution in [3.63, 3.8) is 0 Å². The van der Waals surface area contributed by atoms with E-state index in [9.17, 15) is 0 Å². The molecule has 0 spiro atoms. The lowest BCUT2D eigenvalue weighted by atomic mass is 10.1. The van der Waals surface area contributed by atoms with E-state index in [2.05, 4.69) is 62.1 Å². The van der Waals surface area contributed by atoms with E-state index < -0.39 is 0 Å². The van der Waals surface area contributed by atoms with Crippen LogP contribution in [0.3, 0.4) is 0 Å². The molecule has 0 aromatic carbocycles. The number of hydrogen-bond donors (Lipinski definition) is 0. The molecule has 0 saturated carbocycles. The molecule has 0 aromatic rings. The van der Waals surface area contributed by atoms with Gasteiger partial charge in [0.1, 0.15) is 0 Å². The zero-order valence-electron chi connectivity index (χ0n) is 9.78. The van der Waals surface area contributed by atoms with Crippen LogP contribution in [0.4, 0.5) is 0 Å². The SMILES string of the molecule is CCCC/C(I)=C(/C=C=C(C)C)CC. The van der Waals surface area contributed by atoms with Crippen LogP contribution in [0.5, 0.6) is 0 Å². The van der Waals surface area contributed by atoms with Gasteiger partial charge < -0.3 is 0 Å². The summed E-state index contributed by atoms with van der Waals surface area (Å²) in [5, 5.41) is 0. The maximum atomic E-state index is 3.28. The first-order chi connectivity index (χ1) is 6.61. The zero-order valence-corrected chi connectivity index (χ0v) is 11.9. The highest BCUT2D eigenvalue weighted by atomic mass is 127. The van der Waals surface area contributed by atoms with Crippen molar-refractivity contribution in [2.75, 3.05) is 0 Å². The first-order valence-electron chi connectivity index (χ1n) is 5.39. The molecule has 0 saturated heterocycles. The lowest BCUT2D eigenvalue weighted by molar-refractivity contribution is 0.806. The van der Waals surface area contributed by atoms with E-state index >= 15 is 0 Å². The molecule has 80 valence electrons. The Balaban J connectivity index is 4.59. The van der Waals surface area contributed by atoms with Gasteiger partial charge in [-0.2, -0.15) is 0 Å². The monoisotopic (exact) mass is 304 g/mol. The normalized spacial score (nSPS) is 11.8. The van der Waals surface area contributed by atoms with Gasteiger partial charge >= 0.3 is 0 Å². The molecule has 0 nitrogen and oxygen atoms in total. The van der Waals surface area contributed by atoms with Crippen molar-refractivity contribution in [3.05, 3.63) is 26.5 Å². The second-order valence-corrected chi connectivity index (χ2v) is 4.98. The summed E-state index contributed by atoms with van der Waals surface area (Å²) in [6.45, 7) is 8.62. The fourth-order valence-corrected chi connectivity index (χ4v) is 2.01. The molecule has 0 heterocycles. The number of allylic oxidation sites excluding steroid dienone is 3. The van der Waals surface area contributed by atoms with Crippen molar-refractivity contribution in [2.24, 2.45) is 0 Å². The van der Waals surface area contributed by atoms with Crippen LogP contribution in [0.1, 0.15) is 53.4 Å². The van der Waals surface area contributed by atoms with Gasteiger partial charge in [0.25, 0.3) is 0 Å². The largest absolute Gasteiger partial charge is 0.122 e. The molecule has 0 aromatic heterocycles. The summed E-state index contributed by atoms with van der Waals surface area (Å²) in [5.41, 5.74) is 5.97. The third-order valence-electron chi connectivity index (χ3n) is 2.01. The molecule has 0 fully saturated rings. The van der Waals surface area contributed by atoms with Crippen LogP contribution in [0.15, 0.2) is 26.5 Å². The van der Waals surface area contributed by atoms with Crippen LogP contribution in [0.2, 0.25) is 0 Å². The number of unbranched alkanes of at least 4 members (excludes halogenated alkanes) is 1. The van der Waals surface area contributed by atoms with Crippen molar-refractivity contribution in [3.8, 4) is 0 Å². The summed E-state index contributed by atoms with van der Waals surface area (Å²) in [6, 6.07) is 0. The highest BCUT2D eigenvalue weighted by molar-refractivity contribution is 14.1. The highest BCUT2D eigenvalue weighted by Crippen LogP contribution is 2.22. The first kappa shape index (κ1) is 14.0. The van der Waals surface area contributed by atoms with Gasteiger partial charge in [-0.25, -0.2) is 0 Å². The Kier molecular flexibility index (Phi) is 8.30. The lowest BCUT2D eigenvalue weighted by Gasteiger charge is -2.02. The fraction of sp³-hybridized carbons (Fsp3) is 0.615. The van der Waals surface area contributed by atoms with Crippen molar-refractivity contribution < 1.29 is 0 Å². The minimum absolute atomic E-state index is 1.11. The molecule has 0 amide bonds. The molecular formula is C13H21I. The predicted molar refractivity (Wildman–Crippen MR) is 73.8 cm³/mol. The minimum Gasteiger partial charge on any atom is -0.122 e. The summed E-state index contributed by atoms with van der Waals surface area (Å²) in [5.74, 6) is 0. The molecular weight excluding hydrogens is 283 g/mol. The van der Waals surface area contributed by atoms with E-state index in [-0.39, 0.29) is 0 Å². The van der Waals surface area contributed by atoms with Crippen LogP contribution in [0.25, 0.3) is 0 Å². The van der Waals surface area contributed by atoms with Crippen LogP contribution >= 0.6 is 22.6 Å². The molecule has 0 aliphatic rings. The van der Waals surface area contributed by atoms with Gasteiger partial charge in [0.05, 0.1) is 0 Å². The minimum atomic E-state index is 1.11. The predicted octanol–water partition coefficient (Wildman–Crippen LogP) is 5.40. The van der Waals surface area contributed by atoms with Crippen LogP contribution in [-0.2, 0) is 0 Å². The Hall–Kier alpha value is -0.0100. The molecule has 0 bridgehead atoms. The molecule has 0 aliphatic heterocycles. The van der Waals surface area contributed by atoms with E-state index in [1.54, 1.807) is 0 Å². The van der Waals surface area contributed by atoms with Gasteiger partial charge in [-0.15, -0.1) is 5.73 Å². The zero-order chi connectivity index (χ0) is 11.0. The van der Waals surface area contributed by atoms with Crippen LogP contribution < -0.4 is 0 Å². The first-order valence-corrected chi connectivity index (χ1v) is 6.47. The van der Waals surface area contributed by atoms with Crippen molar-refractivity contribution >= 4 is 22.6 Å². The van der Waals surface area contributed by atoms with Gasteiger partial charge in [-0.05, 0) is 76.5 Å². The lowest BCUT2D eigenvalue weighted by Crippen LogP contribution is -1.82. The molecule has 0 unspecified atom stereocenters. The molecule has 0 radical (unpaired) electrons. The van der Waals surface area contributed by atoms with Crippen LogP contribution in [-0.4, -0.2) is 0 Å². The standard InChI is InChI=1S/C13H21I/c1-5-7-8-13(14)12(6-2)10-9-11(3)4/h10H,5-8H2,1-4H3/b13-12-. The topological polar surface area (TPSA) is 0 Å². The Labute approximate surface area is 102 Å². The Morgan fingerprint density at radius 3 is 2.36 bits per heavy atom. The van der Waals surface area contributed by atoms with Gasteiger partial charge in [-0.1, -0.05) is 20.3 Å². The molecule has 14 heavy (non-hydrogen) atoms. The average molecular weight is 304 g/mol. The summed E-state index contributed by atoms with van der Waals surface area (Å²) >= 11 is 2.47. The summed E-state index contributed by atoms with van der Waals surface area (Å²) in [6.07, 6.45) is 7.05. The summed E-state index contributed by atoms with van der Waals surface area (Å²) in [7, 11) is 0. The maximum absolute atomic E-state index is 3.28. The van der Waals surface area contributed by atoms with E-state index in [1.807, 2.05) is 0 Å². The number of hydrogen-bond acceptors (Lipinski definition) is 0. The van der Waals surface area contributed by atoms with E-state index in [0.29, 0.717) is 0 Å². The smallest absolute Gasteiger partial charge is 0.00560 e. The van der Waals surface area contributed by atoms with Crippen LogP contribution in [0, 0.1) is 0 Å². The number of halogens is 1. The van der Waals surface area contributed by atoms with Crippen molar-refractivity contribution in [1.82, 2.24) is 0 Å². The quantitative estimate of drug-likeness (QED) is 0.362. The van der Waals surface area contributed by atoms with Crippen molar-refractivity contribution in [1.29, 1.82) is 0 Å². The van der Waals surface area contributed by atoms with E-state index in [1.165, 1.54) is 34.0 Å². The maximum Gasteiger partial charge on any atom is -0.00560 e. The number of rotatable bonds is 5. The Bertz CT molecular complexity index is 248. The molecule has 0 atom stereocenters. The summed E-state index contributed by atoms with van der Waals surface area (Å²) < 4.78 is 1.50. The summed E-state index contributed by atoms with van der Waals surface area (Å²) in [4.78, 5) is 0. The van der Waals surface area contributed by atoms with Gasteiger partial charge in [0, 0.05) is 0 Å². The highest BCUT2D eigenvalue weighted by Gasteiger charge is 1.97. The Morgan fingerprint density at radius 1 is 1.29 bits per heavy atom. The van der Waals surface area contributed by atoms with Gasteiger partial charge in [-0.3, -0.25) is 0 Å². The van der Waals surface area contributed by atoms with Crippen molar-refractivity contribution in [2.45, 2.75) is 53.4 Å². The molecule has 0 rings (SSSR count). The third kappa shape index (κ3) is 6.44. The molecule has 0 aliphatic carbocycles.